The molecule has 0 aliphatic heterocycles. The van der Waals surface area contributed by atoms with Crippen LogP contribution < -0.4 is 0 Å². The number of rotatable bonds is 4. The molecule has 0 radical (unpaired) electrons. The third-order valence-corrected chi connectivity index (χ3v) is 8.28. The Morgan fingerprint density at radius 2 is 1.06 bits per heavy atom. The Bertz CT molecular complexity index is 1390. The molecule has 1 fully saturated rings. The maximum atomic E-state index is 14.5. The first-order valence-corrected chi connectivity index (χ1v) is 12.6. The second kappa shape index (κ2) is 7.65. The van der Waals surface area contributed by atoms with Crippen molar-refractivity contribution in [3.8, 4) is 0 Å². The molecule has 0 amide bonds. The summed E-state index contributed by atoms with van der Waals surface area (Å²) in [5, 5.41) is 0. The summed E-state index contributed by atoms with van der Waals surface area (Å²) in [6, 6.07) is 37.4. The molecule has 4 aromatic carbocycles. The summed E-state index contributed by atoms with van der Waals surface area (Å²) in [6.07, 6.45) is 0.784. The lowest BCUT2D eigenvalue weighted by molar-refractivity contribution is -0.115. The average molecular weight is 556 g/mol. The standard InChI is InChI=1S/C30H20Br2O/c31-24-15-11-21(12-16-24)27-26(20-7-3-1-4-8-20)28(33)30(22-9-5-2-6-10-22)19-29(27,30)23-13-17-25(32)18-14-23/h1-18H,19H2/t29-,30+/m0/s1. The predicted octanol–water partition coefficient (Wildman–Crippen LogP) is 7.98. The van der Waals surface area contributed by atoms with E-state index < -0.39 is 10.8 Å². The monoisotopic (exact) mass is 554 g/mol. The highest BCUT2D eigenvalue weighted by atomic mass is 79.9. The first kappa shape index (κ1) is 20.8. The predicted molar refractivity (Wildman–Crippen MR) is 141 cm³/mol. The van der Waals surface area contributed by atoms with Crippen LogP contribution in [0.15, 0.2) is 118 Å². The molecule has 3 heteroatoms. The van der Waals surface area contributed by atoms with Gasteiger partial charge in [0.15, 0.2) is 5.78 Å². The normalized spacial score (nSPS) is 23.5. The molecule has 0 spiro atoms. The lowest BCUT2D eigenvalue weighted by Crippen LogP contribution is -2.25. The van der Waals surface area contributed by atoms with Crippen molar-refractivity contribution in [2.75, 3.05) is 0 Å². The molecule has 0 heterocycles. The average Bonchev–Trinajstić information content (AvgIpc) is 3.51. The number of carbonyl (C=O) groups excluding carboxylic acids is 1. The van der Waals surface area contributed by atoms with Gasteiger partial charge in [-0.2, -0.15) is 0 Å². The Balaban J connectivity index is 1.70. The fourth-order valence-corrected chi connectivity index (χ4v) is 6.32. The SMILES string of the molecule is O=C1C(c2ccccc2)=C(c2ccc(Br)cc2)[C@@]2(c3ccc(Br)cc3)C[C@@]12c1ccccc1. The highest BCUT2D eigenvalue weighted by molar-refractivity contribution is 9.10. The van der Waals surface area contributed by atoms with Gasteiger partial charge < -0.3 is 0 Å². The van der Waals surface area contributed by atoms with Crippen LogP contribution in [0.25, 0.3) is 11.1 Å². The quantitative estimate of drug-likeness (QED) is 0.249. The van der Waals surface area contributed by atoms with Gasteiger partial charge in [-0.3, -0.25) is 4.79 Å². The van der Waals surface area contributed by atoms with E-state index in [4.69, 9.17) is 0 Å². The Morgan fingerprint density at radius 1 is 0.545 bits per heavy atom. The first-order valence-electron chi connectivity index (χ1n) is 11.0. The fourth-order valence-electron chi connectivity index (χ4n) is 5.79. The molecule has 2 aliphatic carbocycles. The Hall–Kier alpha value is -2.75. The van der Waals surface area contributed by atoms with Crippen LogP contribution in [-0.2, 0) is 15.6 Å². The van der Waals surface area contributed by atoms with E-state index in [1.54, 1.807) is 0 Å². The summed E-state index contributed by atoms with van der Waals surface area (Å²) in [5.41, 5.74) is 5.36. The van der Waals surface area contributed by atoms with Gasteiger partial charge in [-0.15, -0.1) is 0 Å². The number of ketones is 1. The number of halogens is 2. The molecule has 33 heavy (non-hydrogen) atoms. The third kappa shape index (κ3) is 2.92. The van der Waals surface area contributed by atoms with E-state index in [1.807, 2.05) is 36.4 Å². The molecule has 160 valence electrons. The van der Waals surface area contributed by atoms with E-state index >= 15 is 0 Å². The van der Waals surface area contributed by atoms with Gasteiger partial charge in [0.2, 0.25) is 0 Å². The Kier molecular flexibility index (Phi) is 4.83. The first-order chi connectivity index (χ1) is 16.1. The van der Waals surface area contributed by atoms with Crippen molar-refractivity contribution in [1.82, 2.24) is 0 Å². The molecular weight excluding hydrogens is 536 g/mol. The van der Waals surface area contributed by atoms with Gasteiger partial charge in [-0.1, -0.05) is 117 Å². The number of allylic oxidation sites excluding steroid dienone is 2. The summed E-state index contributed by atoms with van der Waals surface area (Å²) in [4.78, 5) is 14.5. The maximum absolute atomic E-state index is 14.5. The molecule has 1 saturated carbocycles. The van der Waals surface area contributed by atoms with E-state index in [0.29, 0.717) is 0 Å². The van der Waals surface area contributed by atoms with E-state index in [9.17, 15) is 4.79 Å². The van der Waals surface area contributed by atoms with E-state index in [0.717, 1.165) is 43.2 Å². The molecule has 1 nitrogen and oxygen atoms in total. The van der Waals surface area contributed by atoms with Crippen LogP contribution in [0, 0.1) is 0 Å². The topological polar surface area (TPSA) is 17.1 Å². The lowest BCUT2D eigenvalue weighted by atomic mass is 9.78. The molecule has 0 bridgehead atoms. The number of hydrogen-bond acceptors (Lipinski definition) is 1. The molecule has 4 aromatic rings. The summed E-state index contributed by atoms with van der Waals surface area (Å²) in [7, 11) is 0. The van der Waals surface area contributed by atoms with Crippen LogP contribution in [0.1, 0.15) is 28.7 Å². The van der Waals surface area contributed by atoms with Crippen LogP contribution in [0.2, 0.25) is 0 Å². The van der Waals surface area contributed by atoms with Crippen LogP contribution in [0.3, 0.4) is 0 Å². The molecule has 0 aromatic heterocycles. The molecule has 6 rings (SSSR count). The Labute approximate surface area is 210 Å². The molecular formula is C30H20Br2O. The zero-order chi connectivity index (χ0) is 22.6. The van der Waals surface area contributed by atoms with Crippen LogP contribution in [-0.4, -0.2) is 5.78 Å². The minimum absolute atomic E-state index is 0.223. The van der Waals surface area contributed by atoms with Crippen LogP contribution in [0.5, 0.6) is 0 Å². The smallest absolute Gasteiger partial charge is 0.175 e. The largest absolute Gasteiger partial charge is 0.293 e. The van der Waals surface area contributed by atoms with E-state index in [2.05, 4.69) is 105 Å². The zero-order valence-corrected chi connectivity index (χ0v) is 20.9. The summed E-state index contributed by atoms with van der Waals surface area (Å²) < 4.78 is 2.07. The van der Waals surface area contributed by atoms with Gasteiger partial charge in [-0.25, -0.2) is 0 Å². The van der Waals surface area contributed by atoms with Crippen molar-refractivity contribution in [3.63, 3.8) is 0 Å². The van der Waals surface area contributed by atoms with Crippen molar-refractivity contribution in [2.45, 2.75) is 17.3 Å². The summed E-state index contributed by atoms with van der Waals surface area (Å²) in [5.74, 6) is 0.223. The van der Waals surface area contributed by atoms with Gasteiger partial charge >= 0.3 is 0 Å². The highest BCUT2D eigenvalue weighted by Gasteiger charge is 2.79. The number of Topliss-reactive ketones (excluding diaryl/α,β-unsaturated/α-hetero) is 1. The number of carbonyl (C=O) groups is 1. The second-order valence-electron chi connectivity index (χ2n) is 8.81. The van der Waals surface area contributed by atoms with Gasteiger partial charge in [0.1, 0.15) is 0 Å². The van der Waals surface area contributed by atoms with Crippen molar-refractivity contribution >= 4 is 48.8 Å². The van der Waals surface area contributed by atoms with Gasteiger partial charge in [-0.05, 0) is 58.5 Å². The third-order valence-electron chi connectivity index (χ3n) is 7.22. The highest BCUT2D eigenvalue weighted by Crippen LogP contribution is 2.77. The lowest BCUT2D eigenvalue weighted by Gasteiger charge is -2.23. The molecule has 0 saturated heterocycles. The zero-order valence-electron chi connectivity index (χ0n) is 17.8. The Morgan fingerprint density at radius 3 is 1.67 bits per heavy atom. The summed E-state index contributed by atoms with van der Waals surface area (Å²) in [6.45, 7) is 0. The van der Waals surface area contributed by atoms with Gasteiger partial charge in [0.25, 0.3) is 0 Å². The number of hydrogen-bond donors (Lipinski definition) is 0. The van der Waals surface area contributed by atoms with Crippen LogP contribution >= 0.6 is 31.9 Å². The van der Waals surface area contributed by atoms with Crippen LogP contribution in [0.4, 0.5) is 0 Å². The van der Waals surface area contributed by atoms with E-state index in [-0.39, 0.29) is 5.78 Å². The van der Waals surface area contributed by atoms with Gasteiger partial charge in [0, 0.05) is 19.9 Å². The fraction of sp³-hybridized carbons (Fsp3) is 0.100. The van der Waals surface area contributed by atoms with E-state index in [1.165, 1.54) is 5.56 Å². The number of fused-ring (bicyclic) bond motifs is 1. The molecule has 0 N–H and O–H groups in total. The molecule has 2 atom stereocenters. The minimum Gasteiger partial charge on any atom is -0.293 e. The number of benzene rings is 4. The maximum Gasteiger partial charge on any atom is 0.175 e. The molecule has 2 aliphatic rings. The van der Waals surface area contributed by atoms with Crippen molar-refractivity contribution < 1.29 is 4.79 Å². The van der Waals surface area contributed by atoms with Crippen molar-refractivity contribution in [2.24, 2.45) is 0 Å². The second-order valence-corrected chi connectivity index (χ2v) is 10.6. The minimum atomic E-state index is -0.588. The molecule has 0 unspecified atom stereocenters. The van der Waals surface area contributed by atoms with Crippen molar-refractivity contribution in [1.29, 1.82) is 0 Å². The van der Waals surface area contributed by atoms with Gasteiger partial charge in [0.05, 0.1) is 5.41 Å². The van der Waals surface area contributed by atoms with Crippen molar-refractivity contribution in [3.05, 3.63) is 140 Å². The summed E-state index contributed by atoms with van der Waals surface area (Å²) >= 11 is 7.16.